The van der Waals surface area contributed by atoms with Gasteiger partial charge in [-0.2, -0.15) is 0 Å². The van der Waals surface area contributed by atoms with E-state index in [4.69, 9.17) is 32.7 Å². The van der Waals surface area contributed by atoms with Gasteiger partial charge in [-0.25, -0.2) is 9.98 Å². The second-order valence-corrected chi connectivity index (χ2v) is 6.49. The number of ether oxygens (including phenoxy) is 2. The Morgan fingerprint density at radius 3 is 2.67 bits per heavy atom. The molecule has 0 aliphatic heterocycles. The fourth-order valence-corrected chi connectivity index (χ4v) is 2.68. The van der Waals surface area contributed by atoms with Gasteiger partial charge in [0.1, 0.15) is 11.8 Å². The van der Waals surface area contributed by atoms with Crippen molar-refractivity contribution in [2.75, 3.05) is 26.9 Å². The molecule has 2 aromatic rings. The van der Waals surface area contributed by atoms with Gasteiger partial charge in [0.2, 0.25) is 5.88 Å². The molecule has 2 heterocycles. The maximum atomic E-state index is 6.10. The van der Waals surface area contributed by atoms with Crippen LogP contribution >= 0.6 is 23.2 Å². The number of halogens is 2. The van der Waals surface area contributed by atoms with Gasteiger partial charge in [0.15, 0.2) is 5.96 Å². The highest BCUT2D eigenvalue weighted by molar-refractivity contribution is 6.41. The normalized spacial score (nSPS) is 11.5. The molecule has 0 saturated carbocycles. The lowest BCUT2D eigenvalue weighted by Gasteiger charge is -2.12. The van der Waals surface area contributed by atoms with Gasteiger partial charge in [0.05, 0.1) is 24.7 Å². The quantitative estimate of drug-likeness (QED) is 0.375. The van der Waals surface area contributed by atoms with Crippen LogP contribution in [0.3, 0.4) is 0 Å². The van der Waals surface area contributed by atoms with E-state index in [2.05, 4.69) is 20.6 Å². The van der Waals surface area contributed by atoms with Crippen LogP contribution in [0.5, 0.6) is 5.88 Å². The average Bonchev–Trinajstić information content (AvgIpc) is 2.92. The zero-order chi connectivity index (χ0) is 19.6. The van der Waals surface area contributed by atoms with Crippen molar-refractivity contribution in [1.82, 2.24) is 20.2 Å². The molecule has 9 heteroatoms. The van der Waals surface area contributed by atoms with Crippen molar-refractivity contribution in [3.05, 3.63) is 45.8 Å². The Labute approximate surface area is 169 Å². The predicted octanol–water partition coefficient (Wildman–Crippen LogP) is 3.01. The van der Waals surface area contributed by atoms with Crippen LogP contribution < -0.4 is 15.4 Å². The van der Waals surface area contributed by atoms with Crippen molar-refractivity contribution < 1.29 is 9.47 Å². The van der Waals surface area contributed by atoms with E-state index in [-0.39, 0.29) is 0 Å². The van der Waals surface area contributed by atoms with Gasteiger partial charge in [-0.3, -0.25) is 0 Å². The first-order chi connectivity index (χ1) is 13.0. The average molecular weight is 414 g/mol. The molecular weight excluding hydrogens is 389 g/mol. The topological polar surface area (TPSA) is 72.7 Å². The number of aromatic nitrogens is 2. The number of pyridine rings is 1. The molecule has 27 heavy (non-hydrogen) atoms. The first-order valence-electron chi connectivity index (χ1n) is 8.63. The van der Waals surface area contributed by atoms with E-state index in [0.717, 1.165) is 17.8 Å². The Hall–Kier alpha value is -1.96. The van der Waals surface area contributed by atoms with Crippen molar-refractivity contribution in [1.29, 1.82) is 0 Å². The zero-order valence-corrected chi connectivity index (χ0v) is 17.3. The summed E-state index contributed by atoms with van der Waals surface area (Å²) < 4.78 is 12.2. The van der Waals surface area contributed by atoms with Gasteiger partial charge in [0.25, 0.3) is 0 Å². The molecule has 7 nitrogen and oxygen atoms in total. The maximum Gasteiger partial charge on any atom is 0.213 e. The van der Waals surface area contributed by atoms with Crippen LogP contribution in [-0.4, -0.2) is 42.4 Å². The molecule has 0 aliphatic rings. The second-order valence-electron chi connectivity index (χ2n) is 5.73. The van der Waals surface area contributed by atoms with E-state index in [1.807, 2.05) is 36.7 Å². The number of aliphatic imine (C=N–C) groups is 1. The second kappa shape index (κ2) is 11.0. The van der Waals surface area contributed by atoms with Crippen molar-refractivity contribution in [2.24, 2.45) is 12.0 Å². The molecule has 0 bridgehead atoms. The minimum absolute atomic E-state index is 0.475. The van der Waals surface area contributed by atoms with Crippen molar-refractivity contribution >= 4 is 29.2 Å². The van der Waals surface area contributed by atoms with Crippen LogP contribution in [0.4, 0.5) is 0 Å². The summed E-state index contributed by atoms with van der Waals surface area (Å²) in [6.07, 6.45) is 1.76. The number of nitrogens with one attached hydrogen (secondary N) is 2. The first-order valence-corrected chi connectivity index (χ1v) is 9.39. The molecule has 148 valence electrons. The van der Waals surface area contributed by atoms with E-state index in [0.29, 0.717) is 48.3 Å². The summed E-state index contributed by atoms with van der Waals surface area (Å²) in [5.41, 5.74) is 1.95. The summed E-state index contributed by atoms with van der Waals surface area (Å²) in [5.74, 6) is 1.27. The third-order valence-corrected chi connectivity index (χ3v) is 4.59. The van der Waals surface area contributed by atoms with E-state index in [1.54, 1.807) is 13.3 Å². The molecule has 0 spiro atoms. The molecular formula is C18H25Cl2N5O2. The molecule has 0 radical (unpaired) electrons. The van der Waals surface area contributed by atoms with Crippen molar-refractivity contribution in [2.45, 2.75) is 20.0 Å². The summed E-state index contributed by atoms with van der Waals surface area (Å²) in [4.78, 5) is 8.85. The van der Waals surface area contributed by atoms with E-state index >= 15 is 0 Å². The SMILES string of the molecule is CCNC(=NCc1ccc(OCCOC)nc1)NCc1cc(Cl)c(Cl)n1C. The Kier molecular flexibility index (Phi) is 8.71. The van der Waals surface area contributed by atoms with Crippen LogP contribution in [0.1, 0.15) is 18.2 Å². The molecule has 0 amide bonds. The fraction of sp³-hybridized carbons (Fsp3) is 0.444. The molecule has 2 aromatic heterocycles. The zero-order valence-electron chi connectivity index (χ0n) is 15.8. The highest BCUT2D eigenvalue weighted by Crippen LogP contribution is 2.24. The smallest absolute Gasteiger partial charge is 0.213 e. The summed E-state index contributed by atoms with van der Waals surface area (Å²) in [6.45, 7) is 4.83. The largest absolute Gasteiger partial charge is 0.475 e. The van der Waals surface area contributed by atoms with E-state index < -0.39 is 0 Å². The lowest BCUT2D eigenvalue weighted by atomic mass is 10.3. The van der Waals surface area contributed by atoms with Gasteiger partial charge >= 0.3 is 0 Å². The van der Waals surface area contributed by atoms with Crippen LogP contribution in [0, 0.1) is 0 Å². The molecule has 2 rings (SSSR count). The van der Waals surface area contributed by atoms with E-state index in [1.165, 1.54) is 0 Å². The van der Waals surface area contributed by atoms with Gasteiger partial charge in [-0.05, 0) is 18.6 Å². The molecule has 0 fully saturated rings. The van der Waals surface area contributed by atoms with Crippen LogP contribution in [0.2, 0.25) is 10.2 Å². The Morgan fingerprint density at radius 1 is 1.26 bits per heavy atom. The fourth-order valence-electron chi connectivity index (χ4n) is 2.26. The Morgan fingerprint density at radius 2 is 2.07 bits per heavy atom. The minimum Gasteiger partial charge on any atom is -0.475 e. The minimum atomic E-state index is 0.475. The highest BCUT2D eigenvalue weighted by atomic mass is 35.5. The molecule has 2 N–H and O–H groups in total. The number of nitrogens with zero attached hydrogens (tertiary/aromatic N) is 3. The van der Waals surface area contributed by atoms with Gasteiger partial charge < -0.3 is 24.7 Å². The van der Waals surface area contributed by atoms with Crippen LogP contribution in [-0.2, 0) is 24.9 Å². The number of hydrogen-bond acceptors (Lipinski definition) is 4. The summed E-state index contributed by atoms with van der Waals surface area (Å²) >= 11 is 12.2. The maximum absolute atomic E-state index is 6.10. The lowest BCUT2D eigenvalue weighted by molar-refractivity contribution is 0.143. The first kappa shape index (κ1) is 21.3. The number of methoxy groups -OCH3 is 1. The molecule has 0 atom stereocenters. The Bertz CT molecular complexity index is 747. The standard InChI is InChI=1S/C18H25Cl2N5O2/c1-4-21-18(24-12-14-9-15(19)17(20)25(14)2)23-11-13-5-6-16(22-10-13)27-8-7-26-3/h5-6,9-10H,4,7-8,11-12H2,1-3H3,(H2,21,23,24). The third-order valence-electron chi connectivity index (χ3n) is 3.75. The summed E-state index contributed by atoms with van der Waals surface area (Å²) in [5, 5.41) is 7.55. The monoisotopic (exact) mass is 413 g/mol. The van der Waals surface area contributed by atoms with Crippen molar-refractivity contribution in [3.8, 4) is 5.88 Å². The predicted molar refractivity (Wildman–Crippen MR) is 109 cm³/mol. The molecule has 0 saturated heterocycles. The molecule has 0 aromatic carbocycles. The summed E-state index contributed by atoms with van der Waals surface area (Å²) in [6, 6.07) is 5.61. The lowest BCUT2D eigenvalue weighted by Crippen LogP contribution is -2.37. The van der Waals surface area contributed by atoms with Gasteiger partial charge in [-0.15, -0.1) is 0 Å². The van der Waals surface area contributed by atoms with Crippen molar-refractivity contribution in [3.63, 3.8) is 0 Å². The highest BCUT2D eigenvalue weighted by Gasteiger charge is 2.09. The third kappa shape index (κ3) is 6.61. The van der Waals surface area contributed by atoms with Gasteiger partial charge in [0, 0.05) is 38.7 Å². The Balaban J connectivity index is 1.93. The molecule has 0 aliphatic carbocycles. The number of hydrogen-bond donors (Lipinski definition) is 2. The van der Waals surface area contributed by atoms with E-state index in [9.17, 15) is 0 Å². The number of guanidine groups is 1. The van der Waals surface area contributed by atoms with Gasteiger partial charge in [-0.1, -0.05) is 29.3 Å². The molecule has 0 unspecified atom stereocenters. The summed E-state index contributed by atoms with van der Waals surface area (Å²) in [7, 11) is 3.51. The number of rotatable bonds is 9. The van der Waals surface area contributed by atoms with Crippen LogP contribution in [0.15, 0.2) is 29.4 Å². The van der Waals surface area contributed by atoms with Crippen LogP contribution in [0.25, 0.3) is 0 Å².